The summed E-state index contributed by atoms with van der Waals surface area (Å²) in [5.74, 6) is -0.752. The van der Waals surface area contributed by atoms with E-state index < -0.39 is 5.97 Å². The molecule has 0 aliphatic carbocycles. The SMILES string of the molecule is CC.C[C@@H]1CN(C(c2ccccc2)c2ccccc2)CCN1CC(=O)O.[CH3-].[Rh]. The summed E-state index contributed by atoms with van der Waals surface area (Å²) in [7, 11) is 0. The number of carboxylic acids is 1. The summed E-state index contributed by atoms with van der Waals surface area (Å²) in [6.07, 6.45) is 0. The Labute approximate surface area is 183 Å². The van der Waals surface area contributed by atoms with Gasteiger partial charge in [-0.15, -0.1) is 0 Å². The number of rotatable bonds is 5. The Hall–Kier alpha value is -1.55. The number of nitrogens with zero attached hydrogens (tertiary/aromatic N) is 2. The Morgan fingerprint density at radius 1 is 1.00 bits per heavy atom. The van der Waals surface area contributed by atoms with Crippen molar-refractivity contribution in [2.75, 3.05) is 26.2 Å². The van der Waals surface area contributed by atoms with E-state index in [4.69, 9.17) is 5.11 Å². The predicted octanol–water partition coefficient (Wildman–Crippen LogP) is 4.34. The van der Waals surface area contributed by atoms with Crippen molar-refractivity contribution < 1.29 is 29.4 Å². The zero-order chi connectivity index (χ0) is 18.9. The fourth-order valence-corrected chi connectivity index (χ4v) is 3.55. The fraction of sp³-hybridized carbons (Fsp3) is 0.391. The summed E-state index contributed by atoms with van der Waals surface area (Å²) in [5.41, 5.74) is 2.56. The summed E-state index contributed by atoms with van der Waals surface area (Å²) >= 11 is 0. The van der Waals surface area contributed by atoms with Crippen LogP contribution in [0.2, 0.25) is 0 Å². The first-order valence-electron chi connectivity index (χ1n) is 9.45. The number of aliphatic carboxylic acids is 1. The average molecular weight is 472 g/mol. The molecule has 0 amide bonds. The average Bonchev–Trinajstić information content (AvgIpc) is 2.67. The molecule has 1 radical (unpaired) electrons. The van der Waals surface area contributed by atoms with Crippen LogP contribution in [0.25, 0.3) is 0 Å². The molecule has 1 N–H and O–H groups in total. The van der Waals surface area contributed by atoms with Gasteiger partial charge in [-0.1, -0.05) is 74.5 Å². The van der Waals surface area contributed by atoms with E-state index in [1.807, 2.05) is 30.9 Å². The molecule has 3 rings (SSSR count). The van der Waals surface area contributed by atoms with Gasteiger partial charge in [0.1, 0.15) is 0 Å². The Morgan fingerprint density at radius 3 is 1.86 bits per heavy atom. The van der Waals surface area contributed by atoms with Crippen molar-refractivity contribution in [2.45, 2.75) is 32.9 Å². The topological polar surface area (TPSA) is 43.8 Å². The number of benzene rings is 2. The molecule has 0 aromatic heterocycles. The molecular weight excluding hydrogens is 439 g/mol. The van der Waals surface area contributed by atoms with Crippen molar-refractivity contribution in [3.8, 4) is 0 Å². The maximum Gasteiger partial charge on any atom is 0.317 e. The van der Waals surface area contributed by atoms with Gasteiger partial charge >= 0.3 is 5.97 Å². The standard InChI is InChI=1S/C20H24N2O2.C2H6.CH3.Rh/c1-16-14-22(13-12-21(16)15-19(23)24)20(17-8-4-2-5-9-17)18-10-6-3-7-11-18;1-2;;/h2-11,16,20H,12-15H2,1H3,(H,23,24);1-2H3;1H3;/q;;-1;/t16-;;;/m1.../s1. The molecule has 0 unspecified atom stereocenters. The van der Waals surface area contributed by atoms with Crippen molar-refractivity contribution in [3.63, 3.8) is 0 Å². The van der Waals surface area contributed by atoms with Gasteiger partial charge in [0.05, 0.1) is 12.6 Å². The van der Waals surface area contributed by atoms with Gasteiger partial charge < -0.3 is 12.5 Å². The first kappa shape index (κ1) is 26.5. The molecule has 4 nitrogen and oxygen atoms in total. The molecule has 1 aliphatic heterocycles. The van der Waals surface area contributed by atoms with Crippen LogP contribution >= 0.6 is 0 Å². The summed E-state index contributed by atoms with van der Waals surface area (Å²) in [6.45, 7) is 8.75. The largest absolute Gasteiger partial charge is 0.480 e. The molecule has 28 heavy (non-hydrogen) atoms. The Balaban J connectivity index is 0.00000177. The molecule has 1 saturated heterocycles. The molecule has 5 heteroatoms. The third kappa shape index (κ3) is 7.12. The quantitative estimate of drug-likeness (QED) is 0.520. The first-order valence-corrected chi connectivity index (χ1v) is 9.45. The number of hydrogen-bond donors (Lipinski definition) is 1. The summed E-state index contributed by atoms with van der Waals surface area (Å²) in [4.78, 5) is 15.5. The van der Waals surface area contributed by atoms with Gasteiger partial charge in [-0.05, 0) is 18.1 Å². The minimum absolute atomic E-state index is 0. The van der Waals surface area contributed by atoms with Crippen LogP contribution in [0.15, 0.2) is 60.7 Å². The van der Waals surface area contributed by atoms with Gasteiger partial charge in [0.15, 0.2) is 0 Å². The third-order valence-corrected chi connectivity index (χ3v) is 4.73. The van der Waals surface area contributed by atoms with Crippen LogP contribution in [0.3, 0.4) is 0 Å². The van der Waals surface area contributed by atoms with E-state index in [1.54, 1.807) is 0 Å². The molecular formula is C23H33N2O2Rh-. The minimum Gasteiger partial charge on any atom is -0.480 e. The van der Waals surface area contributed by atoms with Gasteiger partial charge in [-0.2, -0.15) is 0 Å². The summed E-state index contributed by atoms with van der Waals surface area (Å²) in [6, 6.07) is 21.5. The molecule has 1 heterocycles. The third-order valence-electron chi connectivity index (χ3n) is 4.73. The van der Waals surface area contributed by atoms with E-state index >= 15 is 0 Å². The second kappa shape index (κ2) is 13.6. The van der Waals surface area contributed by atoms with E-state index in [2.05, 4.69) is 60.4 Å². The van der Waals surface area contributed by atoms with Crippen LogP contribution in [-0.4, -0.2) is 53.1 Å². The maximum atomic E-state index is 11.0. The van der Waals surface area contributed by atoms with Gasteiger partial charge in [0.2, 0.25) is 0 Å². The van der Waals surface area contributed by atoms with Crippen LogP contribution in [0.4, 0.5) is 0 Å². The zero-order valence-corrected chi connectivity index (χ0v) is 19.0. The second-order valence-corrected chi connectivity index (χ2v) is 6.43. The Kier molecular flexibility index (Phi) is 12.8. The van der Waals surface area contributed by atoms with E-state index in [1.165, 1.54) is 11.1 Å². The fourth-order valence-electron chi connectivity index (χ4n) is 3.55. The van der Waals surface area contributed by atoms with Crippen molar-refractivity contribution in [1.29, 1.82) is 0 Å². The maximum absolute atomic E-state index is 11.0. The van der Waals surface area contributed by atoms with E-state index in [0.29, 0.717) is 0 Å². The number of carbonyl (C=O) groups is 1. The van der Waals surface area contributed by atoms with Crippen LogP contribution in [-0.2, 0) is 24.3 Å². The van der Waals surface area contributed by atoms with Crippen LogP contribution in [0, 0.1) is 7.43 Å². The Morgan fingerprint density at radius 2 is 1.46 bits per heavy atom. The van der Waals surface area contributed by atoms with Gasteiger partial charge in [-0.25, -0.2) is 0 Å². The van der Waals surface area contributed by atoms with E-state index in [9.17, 15) is 4.79 Å². The van der Waals surface area contributed by atoms with Crippen LogP contribution < -0.4 is 0 Å². The number of piperazine rings is 1. The molecule has 2 aromatic rings. The molecule has 2 aromatic carbocycles. The van der Waals surface area contributed by atoms with Gasteiger partial charge in [-0.3, -0.25) is 14.6 Å². The van der Waals surface area contributed by atoms with E-state index in [0.717, 1.165) is 19.6 Å². The number of hydrogen-bond acceptors (Lipinski definition) is 3. The minimum atomic E-state index is -0.752. The Bertz CT molecular complexity index is 627. The molecule has 1 aliphatic rings. The predicted molar refractivity (Wildman–Crippen MR) is 113 cm³/mol. The molecule has 0 spiro atoms. The first-order chi connectivity index (χ1) is 12.6. The summed E-state index contributed by atoms with van der Waals surface area (Å²) in [5, 5.41) is 9.06. The zero-order valence-electron chi connectivity index (χ0n) is 17.3. The van der Waals surface area contributed by atoms with Crippen molar-refractivity contribution in [3.05, 3.63) is 79.2 Å². The molecule has 157 valence electrons. The van der Waals surface area contributed by atoms with Crippen molar-refractivity contribution in [2.24, 2.45) is 0 Å². The normalized spacial score (nSPS) is 16.9. The molecule has 1 fully saturated rings. The van der Waals surface area contributed by atoms with Crippen LogP contribution in [0.1, 0.15) is 37.9 Å². The molecule has 0 saturated carbocycles. The molecule has 1 atom stereocenters. The van der Waals surface area contributed by atoms with Crippen molar-refractivity contribution in [1.82, 2.24) is 9.80 Å². The number of carboxylic acid groups (broad SMARTS) is 1. The van der Waals surface area contributed by atoms with Gasteiger partial charge in [0, 0.05) is 45.2 Å². The summed E-state index contributed by atoms with van der Waals surface area (Å²) < 4.78 is 0. The monoisotopic (exact) mass is 472 g/mol. The van der Waals surface area contributed by atoms with Gasteiger partial charge in [0.25, 0.3) is 0 Å². The van der Waals surface area contributed by atoms with E-state index in [-0.39, 0.29) is 45.5 Å². The van der Waals surface area contributed by atoms with Crippen molar-refractivity contribution >= 4 is 5.97 Å². The van der Waals surface area contributed by atoms with Crippen LogP contribution in [0.5, 0.6) is 0 Å². The second-order valence-electron chi connectivity index (χ2n) is 6.43. The molecule has 0 bridgehead atoms. The smallest absolute Gasteiger partial charge is 0.317 e.